The number of hydrogen-bond acceptors (Lipinski definition) is 6. The molecule has 2 aromatic heterocycles. The number of nitrogens with zero attached hydrogens (tertiary/aromatic N) is 3. The van der Waals surface area contributed by atoms with E-state index in [1.807, 2.05) is 12.3 Å². The number of carbonyl (C=O) groups is 1. The van der Waals surface area contributed by atoms with Crippen LogP contribution in [0, 0.1) is 0 Å². The predicted octanol–water partition coefficient (Wildman–Crippen LogP) is 2.46. The number of piperazine rings is 1. The van der Waals surface area contributed by atoms with Crippen molar-refractivity contribution in [3.05, 3.63) is 40.7 Å². The summed E-state index contributed by atoms with van der Waals surface area (Å²) in [5.74, 6) is 0.0122. The third kappa shape index (κ3) is 4.72. The Kier molecular flexibility index (Phi) is 7.79. The van der Waals surface area contributed by atoms with Crippen LogP contribution in [0.3, 0.4) is 0 Å². The molecule has 1 unspecified atom stereocenters. The SMILES string of the molecule is Cl.Cl.O=C(CN1CCNCC1c1cccnc1)Nc1nc2c(s1)CCC2. The van der Waals surface area contributed by atoms with Crippen LogP contribution in [0.15, 0.2) is 24.5 Å². The Morgan fingerprint density at radius 1 is 1.38 bits per heavy atom. The zero-order valence-electron chi connectivity index (χ0n) is 14.3. The van der Waals surface area contributed by atoms with Gasteiger partial charge in [-0.25, -0.2) is 4.98 Å². The first-order valence-electron chi connectivity index (χ1n) is 8.43. The molecule has 1 amide bonds. The molecule has 2 N–H and O–H groups in total. The van der Waals surface area contributed by atoms with Crippen LogP contribution in [0.4, 0.5) is 5.13 Å². The first-order chi connectivity index (χ1) is 11.8. The van der Waals surface area contributed by atoms with Crippen LogP contribution in [0.1, 0.15) is 28.6 Å². The van der Waals surface area contributed by atoms with E-state index in [1.165, 1.54) is 17.0 Å². The van der Waals surface area contributed by atoms with Crippen molar-refractivity contribution < 1.29 is 4.79 Å². The summed E-state index contributed by atoms with van der Waals surface area (Å²) in [5.41, 5.74) is 2.32. The van der Waals surface area contributed by atoms with Gasteiger partial charge in [0, 0.05) is 42.9 Å². The van der Waals surface area contributed by atoms with Gasteiger partial charge < -0.3 is 10.6 Å². The Balaban J connectivity index is 0.00000121. The van der Waals surface area contributed by atoms with Gasteiger partial charge in [-0.15, -0.1) is 36.2 Å². The largest absolute Gasteiger partial charge is 0.314 e. The number of halogens is 2. The fourth-order valence-electron chi connectivity index (χ4n) is 3.42. The van der Waals surface area contributed by atoms with Crippen LogP contribution in [-0.4, -0.2) is 47.0 Å². The fourth-order valence-corrected chi connectivity index (χ4v) is 4.49. The summed E-state index contributed by atoms with van der Waals surface area (Å²) >= 11 is 1.63. The molecule has 3 heterocycles. The highest BCUT2D eigenvalue weighted by Gasteiger charge is 2.26. The summed E-state index contributed by atoms with van der Waals surface area (Å²) in [6.07, 6.45) is 6.99. The van der Waals surface area contributed by atoms with E-state index in [-0.39, 0.29) is 36.8 Å². The number of anilines is 1. The van der Waals surface area contributed by atoms with Crippen molar-refractivity contribution >= 4 is 47.2 Å². The van der Waals surface area contributed by atoms with Crippen LogP contribution in [-0.2, 0) is 17.6 Å². The van der Waals surface area contributed by atoms with Gasteiger partial charge in [0.25, 0.3) is 0 Å². The first-order valence-corrected chi connectivity index (χ1v) is 9.24. The summed E-state index contributed by atoms with van der Waals surface area (Å²) < 4.78 is 0. The molecule has 0 saturated carbocycles. The standard InChI is InChI=1S/C17H21N5OS.2ClH/c23-16(21-17-20-13-4-1-5-15(13)24-17)11-22-8-7-19-10-14(22)12-3-2-6-18-9-12;;/h2-3,6,9,14,19H,1,4-5,7-8,10-11H2,(H,20,21,23);2*1H. The van der Waals surface area contributed by atoms with E-state index in [4.69, 9.17) is 0 Å². The van der Waals surface area contributed by atoms with Crippen molar-refractivity contribution in [1.82, 2.24) is 20.2 Å². The lowest BCUT2D eigenvalue weighted by atomic mass is 10.1. The Labute approximate surface area is 169 Å². The van der Waals surface area contributed by atoms with Crippen molar-refractivity contribution in [2.75, 3.05) is 31.5 Å². The van der Waals surface area contributed by atoms with Crippen molar-refractivity contribution in [1.29, 1.82) is 0 Å². The average molecular weight is 416 g/mol. The molecule has 142 valence electrons. The molecule has 1 aliphatic heterocycles. The maximum absolute atomic E-state index is 12.5. The molecule has 6 nitrogen and oxygen atoms in total. The molecule has 4 rings (SSSR count). The number of nitrogens with one attached hydrogen (secondary N) is 2. The number of aromatic nitrogens is 2. The molecule has 0 bridgehead atoms. The summed E-state index contributed by atoms with van der Waals surface area (Å²) in [6.45, 7) is 2.97. The Bertz CT molecular complexity index is 706. The van der Waals surface area contributed by atoms with Gasteiger partial charge in [0.2, 0.25) is 5.91 Å². The van der Waals surface area contributed by atoms with Crippen LogP contribution < -0.4 is 10.6 Å². The Morgan fingerprint density at radius 3 is 3.04 bits per heavy atom. The number of hydrogen-bond donors (Lipinski definition) is 2. The smallest absolute Gasteiger partial charge is 0.240 e. The number of carbonyl (C=O) groups excluding carboxylic acids is 1. The number of thiazole rings is 1. The van der Waals surface area contributed by atoms with Gasteiger partial charge in [0.15, 0.2) is 5.13 Å². The fraction of sp³-hybridized carbons (Fsp3) is 0.471. The minimum atomic E-state index is 0. The van der Waals surface area contributed by atoms with Gasteiger partial charge in [-0.3, -0.25) is 14.7 Å². The zero-order chi connectivity index (χ0) is 16.4. The quantitative estimate of drug-likeness (QED) is 0.802. The maximum Gasteiger partial charge on any atom is 0.240 e. The Morgan fingerprint density at radius 2 is 2.27 bits per heavy atom. The molecular formula is C17H23Cl2N5OS. The highest BCUT2D eigenvalue weighted by atomic mass is 35.5. The van der Waals surface area contributed by atoms with E-state index in [0.29, 0.717) is 6.54 Å². The number of fused-ring (bicyclic) bond motifs is 1. The topological polar surface area (TPSA) is 70.2 Å². The second-order valence-corrected chi connectivity index (χ2v) is 7.35. The number of rotatable bonds is 4. The summed E-state index contributed by atoms with van der Waals surface area (Å²) in [7, 11) is 0. The van der Waals surface area contributed by atoms with E-state index >= 15 is 0 Å². The number of pyridine rings is 1. The molecule has 0 spiro atoms. The normalized spacial score (nSPS) is 19.2. The third-order valence-corrected chi connectivity index (χ3v) is 5.69. The zero-order valence-corrected chi connectivity index (χ0v) is 16.8. The lowest BCUT2D eigenvalue weighted by molar-refractivity contribution is -0.118. The van der Waals surface area contributed by atoms with Crippen LogP contribution in [0.5, 0.6) is 0 Å². The lowest BCUT2D eigenvalue weighted by Crippen LogP contribution is -2.48. The van der Waals surface area contributed by atoms with Crippen LogP contribution >= 0.6 is 36.2 Å². The summed E-state index contributed by atoms with van der Waals surface area (Å²) in [5, 5.41) is 7.13. The van der Waals surface area contributed by atoms with Gasteiger partial charge in [-0.05, 0) is 30.9 Å². The molecular weight excluding hydrogens is 393 g/mol. The van der Waals surface area contributed by atoms with E-state index in [0.717, 1.165) is 43.2 Å². The minimum absolute atomic E-state index is 0. The van der Waals surface area contributed by atoms with E-state index in [2.05, 4.69) is 31.6 Å². The highest BCUT2D eigenvalue weighted by molar-refractivity contribution is 7.15. The molecule has 9 heteroatoms. The molecule has 1 fully saturated rings. The van der Waals surface area contributed by atoms with Gasteiger partial charge >= 0.3 is 0 Å². The Hall–Kier alpha value is -1.25. The molecule has 0 radical (unpaired) electrons. The van der Waals surface area contributed by atoms with E-state index in [9.17, 15) is 4.79 Å². The van der Waals surface area contributed by atoms with E-state index < -0.39 is 0 Å². The first kappa shape index (κ1) is 21.1. The van der Waals surface area contributed by atoms with Crippen molar-refractivity contribution in [2.24, 2.45) is 0 Å². The highest BCUT2D eigenvalue weighted by Crippen LogP contribution is 2.30. The monoisotopic (exact) mass is 415 g/mol. The van der Waals surface area contributed by atoms with Crippen molar-refractivity contribution in [2.45, 2.75) is 25.3 Å². The molecule has 1 aliphatic carbocycles. The lowest BCUT2D eigenvalue weighted by Gasteiger charge is -2.35. The average Bonchev–Trinajstić information content (AvgIpc) is 3.17. The molecule has 1 atom stereocenters. The van der Waals surface area contributed by atoms with Gasteiger partial charge in [-0.2, -0.15) is 0 Å². The minimum Gasteiger partial charge on any atom is -0.314 e. The summed E-state index contributed by atoms with van der Waals surface area (Å²) in [6, 6.07) is 4.19. The van der Waals surface area contributed by atoms with Gasteiger partial charge in [0.05, 0.1) is 12.2 Å². The number of aryl methyl sites for hydroxylation is 2. The molecule has 2 aliphatic rings. The molecule has 26 heavy (non-hydrogen) atoms. The van der Waals surface area contributed by atoms with Gasteiger partial charge in [0.1, 0.15) is 0 Å². The van der Waals surface area contributed by atoms with Crippen LogP contribution in [0.25, 0.3) is 0 Å². The van der Waals surface area contributed by atoms with Crippen molar-refractivity contribution in [3.63, 3.8) is 0 Å². The number of amides is 1. The molecule has 2 aromatic rings. The second-order valence-electron chi connectivity index (χ2n) is 6.27. The maximum atomic E-state index is 12.5. The summed E-state index contributed by atoms with van der Waals surface area (Å²) in [4.78, 5) is 24.8. The second kappa shape index (κ2) is 9.62. The third-order valence-electron chi connectivity index (χ3n) is 4.61. The van der Waals surface area contributed by atoms with Crippen LogP contribution in [0.2, 0.25) is 0 Å². The molecule has 1 saturated heterocycles. The van der Waals surface area contributed by atoms with Crippen molar-refractivity contribution in [3.8, 4) is 0 Å². The van der Waals surface area contributed by atoms with Gasteiger partial charge in [-0.1, -0.05) is 6.07 Å². The molecule has 0 aromatic carbocycles. The van der Waals surface area contributed by atoms with E-state index in [1.54, 1.807) is 17.5 Å². The predicted molar refractivity (Wildman–Crippen MR) is 109 cm³/mol.